The lowest BCUT2D eigenvalue weighted by molar-refractivity contribution is 1.02. The van der Waals surface area contributed by atoms with Crippen molar-refractivity contribution in [1.82, 2.24) is 0 Å². The number of hydrogen-bond acceptors (Lipinski definition) is 6. The number of hydrogen-bond donors (Lipinski definition) is 0. The number of thioether (sulfide) groups is 1. The average molecular weight is 595 g/mol. The maximum atomic E-state index is 2.49. The quantitative estimate of drug-likeness (QED) is 0.183. The molecule has 0 saturated carbocycles. The molecule has 0 bridgehead atoms. The Morgan fingerprint density at radius 3 is 2.00 bits per heavy atom. The molecule has 1 aliphatic heterocycles. The summed E-state index contributed by atoms with van der Waals surface area (Å²) in [7, 11) is 0. The van der Waals surface area contributed by atoms with Crippen molar-refractivity contribution in [1.29, 1.82) is 0 Å². The van der Waals surface area contributed by atoms with Crippen molar-refractivity contribution in [2.75, 3.05) is 0 Å². The molecule has 0 aliphatic carbocycles. The molecule has 0 amide bonds. The number of allylic oxidation sites excluding steroid dienone is 1. The van der Waals surface area contributed by atoms with Gasteiger partial charge < -0.3 is 0 Å². The Bertz CT molecular complexity index is 2130. The average Bonchev–Trinajstić information content (AvgIpc) is 3.77. The van der Waals surface area contributed by atoms with E-state index in [1.54, 1.807) is 0 Å². The topological polar surface area (TPSA) is 0 Å². The standard InChI is InChI=1S/C32H18S6/c1-5-17-27-23(7-1)37-32(26-14-12-22(36-26)20-10-4-16-34-20)30(27)18-6-2-8-24-28(18)29(17)31(38-24)25-13-11-21(35-25)19-9-3-15-33-19/h1-11,13-16,22H,12H2. The SMILES string of the molecule is C1=C(c2sc3cccc4c5c(-c6ccc(-c7cccs7)s6)sc6cccc(c2c34)c65)SC(c2cccs2)C1. The van der Waals surface area contributed by atoms with Gasteiger partial charge in [0.1, 0.15) is 0 Å². The highest BCUT2D eigenvalue weighted by Gasteiger charge is 2.27. The first-order chi connectivity index (χ1) is 18.8. The summed E-state index contributed by atoms with van der Waals surface area (Å²) in [5.41, 5.74) is 0. The first-order valence-electron chi connectivity index (χ1n) is 12.5. The normalized spacial score (nSPS) is 16.1. The van der Waals surface area contributed by atoms with Crippen LogP contribution in [-0.2, 0) is 0 Å². The van der Waals surface area contributed by atoms with E-state index in [2.05, 4.69) is 101 Å². The second-order valence-electron chi connectivity index (χ2n) is 9.54. The van der Waals surface area contributed by atoms with Crippen molar-refractivity contribution >= 4 is 115 Å². The lowest BCUT2D eigenvalue weighted by atomic mass is 9.94. The van der Waals surface area contributed by atoms with Crippen LogP contribution in [-0.4, -0.2) is 0 Å². The van der Waals surface area contributed by atoms with Gasteiger partial charge in [-0.2, -0.15) is 0 Å². The Kier molecular flexibility index (Phi) is 5.02. The Morgan fingerprint density at radius 2 is 1.26 bits per heavy atom. The Labute approximate surface area is 243 Å². The molecular formula is C32H18S6. The Hall–Kier alpha value is -2.45. The molecule has 38 heavy (non-hydrogen) atoms. The molecular weight excluding hydrogens is 577 g/mol. The van der Waals surface area contributed by atoms with Gasteiger partial charge in [-0.05, 0) is 64.4 Å². The molecule has 0 radical (unpaired) electrons. The smallest absolute Gasteiger partial charge is 0.0534 e. The molecule has 5 aromatic heterocycles. The van der Waals surface area contributed by atoms with Crippen molar-refractivity contribution < 1.29 is 0 Å². The van der Waals surface area contributed by atoms with Crippen LogP contribution in [0.25, 0.3) is 66.1 Å². The fourth-order valence-electron chi connectivity index (χ4n) is 5.84. The van der Waals surface area contributed by atoms with Crippen LogP contribution in [0.4, 0.5) is 0 Å². The Balaban J connectivity index is 1.30. The fraction of sp³-hybridized carbons (Fsp3) is 0.0625. The molecule has 1 atom stereocenters. The number of rotatable bonds is 4. The van der Waals surface area contributed by atoms with Crippen LogP contribution in [0.3, 0.4) is 0 Å². The molecule has 0 N–H and O–H groups in total. The summed E-state index contributed by atoms with van der Waals surface area (Å²) in [6.07, 6.45) is 3.60. The Morgan fingerprint density at radius 1 is 0.553 bits per heavy atom. The number of thiophene rings is 5. The highest BCUT2D eigenvalue weighted by atomic mass is 32.2. The summed E-state index contributed by atoms with van der Waals surface area (Å²) < 4.78 is 2.79. The third kappa shape index (κ3) is 3.19. The van der Waals surface area contributed by atoms with Crippen LogP contribution in [0.15, 0.2) is 89.6 Å². The lowest BCUT2D eigenvalue weighted by Crippen LogP contribution is -1.83. The van der Waals surface area contributed by atoms with Gasteiger partial charge in [0.2, 0.25) is 0 Å². The van der Waals surface area contributed by atoms with Crippen LogP contribution < -0.4 is 0 Å². The molecule has 0 nitrogen and oxygen atoms in total. The molecule has 9 rings (SSSR count). The maximum absolute atomic E-state index is 2.49. The van der Waals surface area contributed by atoms with E-state index >= 15 is 0 Å². The van der Waals surface area contributed by atoms with E-state index in [-0.39, 0.29) is 0 Å². The van der Waals surface area contributed by atoms with Gasteiger partial charge in [0.05, 0.1) is 4.88 Å². The van der Waals surface area contributed by atoms with Gasteiger partial charge in [-0.1, -0.05) is 42.5 Å². The zero-order valence-electron chi connectivity index (χ0n) is 19.9. The fourth-order valence-corrected chi connectivity index (χ4v) is 12.6. The van der Waals surface area contributed by atoms with Gasteiger partial charge in [-0.25, -0.2) is 0 Å². The molecule has 8 aromatic rings. The minimum Gasteiger partial charge on any atom is -0.148 e. The summed E-state index contributed by atoms with van der Waals surface area (Å²) in [6.45, 7) is 0. The van der Waals surface area contributed by atoms with E-state index in [0.717, 1.165) is 6.42 Å². The van der Waals surface area contributed by atoms with Crippen LogP contribution in [0.5, 0.6) is 0 Å². The summed E-state index contributed by atoms with van der Waals surface area (Å²) in [6, 6.07) is 27.4. The summed E-state index contributed by atoms with van der Waals surface area (Å²) in [4.78, 5) is 9.91. The van der Waals surface area contributed by atoms with Gasteiger partial charge in [-0.15, -0.1) is 68.4 Å². The van der Waals surface area contributed by atoms with Gasteiger partial charge in [0, 0.05) is 65.5 Å². The summed E-state index contributed by atoms with van der Waals surface area (Å²) in [5.74, 6) is 0. The van der Waals surface area contributed by atoms with E-state index in [1.807, 2.05) is 56.7 Å². The molecule has 6 heterocycles. The molecule has 0 fully saturated rings. The van der Waals surface area contributed by atoms with Crippen molar-refractivity contribution in [2.45, 2.75) is 11.7 Å². The third-order valence-corrected chi connectivity index (χ3v) is 14.7. The summed E-state index contributed by atoms with van der Waals surface area (Å²) >= 11 is 11.6. The van der Waals surface area contributed by atoms with Gasteiger partial charge in [-0.3, -0.25) is 0 Å². The van der Waals surface area contributed by atoms with E-state index in [0.29, 0.717) is 5.25 Å². The highest BCUT2D eigenvalue weighted by molar-refractivity contribution is 8.09. The van der Waals surface area contributed by atoms with E-state index in [4.69, 9.17) is 0 Å². The second kappa shape index (κ2) is 8.52. The minimum absolute atomic E-state index is 0.543. The predicted molar refractivity (Wildman–Crippen MR) is 177 cm³/mol. The van der Waals surface area contributed by atoms with Crippen molar-refractivity contribution in [2.24, 2.45) is 0 Å². The van der Waals surface area contributed by atoms with E-state index < -0.39 is 0 Å². The molecule has 0 spiro atoms. The van der Waals surface area contributed by atoms with Gasteiger partial charge in [0.15, 0.2) is 0 Å². The maximum Gasteiger partial charge on any atom is 0.0534 e. The van der Waals surface area contributed by atoms with Crippen molar-refractivity contribution in [3.05, 3.63) is 99.4 Å². The molecule has 1 aliphatic rings. The zero-order chi connectivity index (χ0) is 24.8. The predicted octanol–water partition coefficient (Wildman–Crippen LogP) is 12.6. The molecule has 6 heteroatoms. The first-order valence-corrected chi connectivity index (χ1v) is 17.6. The first kappa shape index (κ1) is 22.4. The van der Waals surface area contributed by atoms with Crippen LogP contribution in [0.1, 0.15) is 21.4 Å². The minimum atomic E-state index is 0.543. The van der Waals surface area contributed by atoms with Crippen molar-refractivity contribution in [3.63, 3.8) is 0 Å². The molecule has 0 saturated heterocycles. The zero-order valence-corrected chi connectivity index (χ0v) is 24.8. The van der Waals surface area contributed by atoms with Gasteiger partial charge >= 0.3 is 0 Å². The van der Waals surface area contributed by atoms with Crippen LogP contribution in [0.2, 0.25) is 0 Å². The largest absolute Gasteiger partial charge is 0.148 e. The van der Waals surface area contributed by atoms with Crippen LogP contribution in [0, 0.1) is 0 Å². The molecule has 3 aromatic carbocycles. The van der Waals surface area contributed by atoms with E-state index in [9.17, 15) is 0 Å². The number of fused-ring (bicyclic) bond motifs is 2. The summed E-state index contributed by atoms with van der Waals surface area (Å²) in [5, 5.41) is 13.5. The monoisotopic (exact) mass is 594 g/mol. The lowest BCUT2D eigenvalue weighted by Gasteiger charge is -2.10. The highest BCUT2D eigenvalue weighted by Crippen LogP contribution is 2.57. The van der Waals surface area contributed by atoms with Crippen LogP contribution >= 0.6 is 68.4 Å². The molecule has 1 unspecified atom stereocenters. The number of benzene rings is 3. The van der Waals surface area contributed by atoms with Gasteiger partial charge in [0.25, 0.3) is 0 Å². The second-order valence-corrected chi connectivity index (χ2v) is 15.9. The van der Waals surface area contributed by atoms with Crippen molar-refractivity contribution in [3.8, 4) is 19.5 Å². The van der Waals surface area contributed by atoms with E-state index in [1.165, 1.54) is 75.9 Å². The third-order valence-electron chi connectivity index (χ3n) is 7.43. The molecule has 182 valence electrons.